The highest BCUT2D eigenvalue weighted by Crippen LogP contribution is 2.29. The molecule has 3 nitrogen and oxygen atoms in total. The second kappa shape index (κ2) is 6.75. The molecule has 0 fully saturated rings. The molecular weight excluding hydrogens is 295 g/mol. The average molecular weight is 309 g/mol. The van der Waals surface area contributed by atoms with Crippen LogP contribution >= 0.6 is 23.2 Å². The Hall–Kier alpha value is -1.55. The third-order valence-electron chi connectivity index (χ3n) is 2.84. The van der Waals surface area contributed by atoms with Crippen molar-refractivity contribution in [2.24, 2.45) is 5.73 Å². The maximum absolute atomic E-state index is 12.0. The van der Waals surface area contributed by atoms with Crippen molar-refractivity contribution in [3.05, 3.63) is 64.1 Å². The van der Waals surface area contributed by atoms with E-state index in [2.05, 4.69) is 5.32 Å². The lowest BCUT2D eigenvalue weighted by Gasteiger charge is -2.13. The van der Waals surface area contributed by atoms with Gasteiger partial charge in [0.2, 0.25) is 5.91 Å². The fourth-order valence-corrected chi connectivity index (χ4v) is 2.13. The number of anilines is 1. The van der Waals surface area contributed by atoms with Crippen LogP contribution in [0.15, 0.2) is 48.5 Å². The van der Waals surface area contributed by atoms with E-state index in [1.54, 1.807) is 18.2 Å². The number of carbonyl (C=O) groups is 1. The van der Waals surface area contributed by atoms with E-state index in [1.807, 2.05) is 30.3 Å². The minimum atomic E-state index is -0.646. The number of amides is 1. The molecule has 20 heavy (non-hydrogen) atoms. The number of hydrogen-bond acceptors (Lipinski definition) is 2. The average Bonchev–Trinajstić information content (AvgIpc) is 2.45. The summed E-state index contributed by atoms with van der Waals surface area (Å²) in [6, 6.07) is 14.0. The quantitative estimate of drug-likeness (QED) is 0.908. The summed E-state index contributed by atoms with van der Waals surface area (Å²) in [7, 11) is 0. The van der Waals surface area contributed by atoms with Crippen molar-refractivity contribution in [1.82, 2.24) is 0 Å². The Kier molecular flexibility index (Phi) is 5.01. The topological polar surface area (TPSA) is 55.1 Å². The van der Waals surface area contributed by atoms with Crippen molar-refractivity contribution in [1.29, 1.82) is 0 Å². The van der Waals surface area contributed by atoms with Gasteiger partial charge in [-0.3, -0.25) is 4.79 Å². The molecule has 1 atom stereocenters. The normalized spacial score (nSPS) is 11.9. The maximum atomic E-state index is 12.0. The Morgan fingerprint density at radius 1 is 1.10 bits per heavy atom. The van der Waals surface area contributed by atoms with Crippen LogP contribution in [0.25, 0.3) is 0 Å². The highest BCUT2D eigenvalue weighted by Gasteiger charge is 2.16. The van der Waals surface area contributed by atoms with Gasteiger partial charge in [-0.15, -0.1) is 0 Å². The number of benzene rings is 2. The predicted molar refractivity (Wildman–Crippen MR) is 83.2 cm³/mol. The molecule has 2 aromatic rings. The lowest BCUT2D eigenvalue weighted by molar-refractivity contribution is -0.117. The van der Waals surface area contributed by atoms with E-state index in [4.69, 9.17) is 28.9 Å². The molecule has 0 unspecified atom stereocenters. The van der Waals surface area contributed by atoms with E-state index >= 15 is 0 Å². The summed E-state index contributed by atoms with van der Waals surface area (Å²) in [6.45, 7) is 0. The Balaban J connectivity index is 2.03. The van der Waals surface area contributed by atoms with Crippen molar-refractivity contribution in [3.8, 4) is 0 Å². The van der Waals surface area contributed by atoms with Gasteiger partial charge in [0.05, 0.1) is 21.8 Å². The number of halogens is 2. The second-order valence-corrected chi connectivity index (χ2v) is 5.17. The van der Waals surface area contributed by atoms with E-state index in [1.165, 1.54) is 0 Å². The monoisotopic (exact) mass is 308 g/mol. The fourth-order valence-electron chi connectivity index (χ4n) is 1.79. The summed E-state index contributed by atoms with van der Waals surface area (Å²) in [6.07, 6.45) is 0.463. The lowest BCUT2D eigenvalue weighted by atomic mass is 10.1. The summed E-state index contributed by atoms with van der Waals surface area (Å²) in [4.78, 5) is 12.0. The summed E-state index contributed by atoms with van der Waals surface area (Å²) < 4.78 is 0. The van der Waals surface area contributed by atoms with E-state index in [9.17, 15) is 4.79 Å². The van der Waals surface area contributed by atoms with Crippen LogP contribution < -0.4 is 11.1 Å². The summed E-state index contributed by atoms with van der Waals surface area (Å²) >= 11 is 11.9. The number of nitrogens with one attached hydrogen (secondary N) is 1. The van der Waals surface area contributed by atoms with Gasteiger partial charge in [-0.2, -0.15) is 0 Å². The number of hydrogen-bond donors (Lipinski definition) is 2. The van der Waals surface area contributed by atoms with Gasteiger partial charge in [0.25, 0.3) is 0 Å². The van der Waals surface area contributed by atoms with Crippen molar-refractivity contribution < 1.29 is 4.79 Å². The fraction of sp³-hybridized carbons (Fsp3) is 0.133. The third-order valence-corrected chi connectivity index (χ3v) is 3.66. The number of rotatable bonds is 4. The van der Waals surface area contributed by atoms with Crippen molar-refractivity contribution >= 4 is 34.8 Å². The summed E-state index contributed by atoms with van der Waals surface area (Å²) in [5.74, 6) is -0.294. The van der Waals surface area contributed by atoms with Crippen LogP contribution in [0.3, 0.4) is 0 Å². The van der Waals surface area contributed by atoms with Crippen LogP contribution in [0, 0.1) is 0 Å². The van der Waals surface area contributed by atoms with E-state index < -0.39 is 6.04 Å². The van der Waals surface area contributed by atoms with Crippen molar-refractivity contribution in [2.45, 2.75) is 12.5 Å². The Labute approximate surface area is 127 Å². The number of carbonyl (C=O) groups excluding carboxylic acids is 1. The molecule has 5 heteroatoms. The summed E-state index contributed by atoms with van der Waals surface area (Å²) in [5, 5.41) is 3.39. The Morgan fingerprint density at radius 2 is 1.80 bits per heavy atom. The molecule has 0 bridgehead atoms. The zero-order chi connectivity index (χ0) is 14.5. The van der Waals surface area contributed by atoms with Gasteiger partial charge in [0.1, 0.15) is 0 Å². The zero-order valence-corrected chi connectivity index (χ0v) is 12.2. The van der Waals surface area contributed by atoms with Gasteiger partial charge >= 0.3 is 0 Å². The third kappa shape index (κ3) is 3.73. The molecule has 0 heterocycles. The van der Waals surface area contributed by atoms with Crippen LogP contribution in [0.4, 0.5) is 5.69 Å². The molecule has 0 saturated carbocycles. The molecular formula is C15H14Cl2N2O. The van der Waals surface area contributed by atoms with E-state index in [0.717, 1.165) is 5.56 Å². The zero-order valence-electron chi connectivity index (χ0n) is 10.6. The smallest absolute Gasteiger partial charge is 0.241 e. The molecule has 104 valence electrons. The molecule has 0 aliphatic rings. The molecule has 0 aliphatic carbocycles. The Bertz CT molecular complexity index is 602. The Morgan fingerprint density at radius 3 is 2.50 bits per heavy atom. The first-order valence-electron chi connectivity index (χ1n) is 6.12. The van der Waals surface area contributed by atoms with Crippen LogP contribution in [0.1, 0.15) is 5.56 Å². The number of nitrogens with two attached hydrogens (primary N) is 1. The van der Waals surface area contributed by atoms with E-state index in [-0.39, 0.29) is 5.91 Å². The SMILES string of the molecule is N[C@@H](Cc1ccccc1)C(=O)Nc1cccc(Cl)c1Cl. The maximum Gasteiger partial charge on any atom is 0.241 e. The largest absolute Gasteiger partial charge is 0.323 e. The van der Waals surface area contributed by atoms with Gasteiger partial charge in [0.15, 0.2) is 0 Å². The van der Waals surface area contributed by atoms with Crippen LogP contribution in [0.2, 0.25) is 10.0 Å². The predicted octanol–water partition coefficient (Wildman–Crippen LogP) is 3.50. The first kappa shape index (κ1) is 14.9. The standard InChI is InChI=1S/C15H14Cl2N2O/c16-11-7-4-8-13(14(11)17)19-15(20)12(18)9-10-5-2-1-3-6-10/h1-8,12H,9,18H2,(H,19,20)/t12-/m0/s1. The molecule has 0 saturated heterocycles. The summed E-state index contributed by atoms with van der Waals surface area (Å²) in [5.41, 5.74) is 7.37. The minimum absolute atomic E-state index is 0.294. The van der Waals surface area contributed by atoms with Crippen LogP contribution in [0.5, 0.6) is 0 Å². The lowest BCUT2D eigenvalue weighted by Crippen LogP contribution is -2.37. The first-order chi connectivity index (χ1) is 9.58. The van der Waals surface area contributed by atoms with Crippen molar-refractivity contribution in [2.75, 3.05) is 5.32 Å². The molecule has 0 spiro atoms. The van der Waals surface area contributed by atoms with Gasteiger partial charge in [-0.1, -0.05) is 59.6 Å². The van der Waals surface area contributed by atoms with Gasteiger partial charge in [0, 0.05) is 0 Å². The van der Waals surface area contributed by atoms with E-state index in [0.29, 0.717) is 22.2 Å². The van der Waals surface area contributed by atoms with Crippen LogP contribution in [-0.2, 0) is 11.2 Å². The molecule has 2 aromatic carbocycles. The van der Waals surface area contributed by atoms with Gasteiger partial charge in [-0.05, 0) is 24.1 Å². The van der Waals surface area contributed by atoms with Crippen molar-refractivity contribution in [3.63, 3.8) is 0 Å². The van der Waals surface area contributed by atoms with Gasteiger partial charge in [-0.25, -0.2) is 0 Å². The molecule has 0 aliphatic heterocycles. The second-order valence-electron chi connectivity index (χ2n) is 4.39. The highest BCUT2D eigenvalue weighted by molar-refractivity contribution is 6.44. The molecule has 3 N–H and O–H groups in total. The molecule has 0 aromatic heterocycles. The molecule has 0 radical (unpaired) electrons. The highest BCUT2D eigenvalue weighted by atomic mass is 35.5. The molecule has 1 amide bonds. The molecule has 2 rings (SSSR count). The minimum Gasteiger partial charge on any atom is -0.323 e. The van der Waals surface area contributed by atoms with Crippen LogP contribution in [-0.4, -0.2) is 11.9 Å². The first-order valence-corrected chi connectivity index (χ1v) is 6.88. The van der Waals surface area contributed by atoms with Gasteiger partial charge < -0.3 is 11.1 Å².